The van der Waals surface area contributed by atoms with Crippen molar-refractivity contribution in [3.05, 3.63) is 40.6 Å². The average Bonchev–Trinajstić information content (AvgIpc) is 2.44. The van der Waals surface area contributed by atoms with Gasteiger partial charge in [-0.15, -0.1) is 0 Å². The number of benzene rings is 1. The van der Waals surface area contributed by atoms with Crippen molar-refractivity contribution in [1.82, 2.24) is 4.98 Å². The summed E-state index contributed by atoms with van der Waals surface area (Å²) in [6.45, 7) is 3.55. The van der Waals surface area contributed by atoms with Gasteiger partial charge >= 0.3 is 5.69 Å². The van der Waals surface area contributed by atoms with E-state index in [4.69, 9.17) is 5.73 Å². The minimum atomic E-state index is -0.821. The SMILES string of the molecule is CC(C)(CNc1c([N+](=O)[O-])cnc2ccccc12)C(N)=O. The van der Waals surface area contributed by atoms with Crippen molar-refractivity contribution >= 4 is 28.2 Å². The number of carbonyl (C=O) groups is 1. The standard InChI is InChI=1S/C14H16N4O3/c1-14(2,13(15)19)8-17-12-9-5-3-4-6-10(9)16-7-11(12)18(20)21/h3-7H,8H2,1-2H3,(H2,15,19)(H,16,17). The summed E-state index contributed by atoms with van der Waals surface area (Å²) in [6.07, 6.45) is 1.21. The van der Waals surface area contributed by atoms with E-state index in [0.717, 1.165) is 0 Å². The van der Waals surface area contributed by atoms with E-state index in [1.165, 1.54) is 6.20 Å². The van der Waals surface area contributed by atoms with E-state index >= 15 is 0 Å². The Morgan fingerprint density at radius 2 is 2.10 bits per heavy atom. The zero-order valence-electron chi connectivity index (χ0n) is 11.8. The monoisotopic (exact) mass is 288 g/mol. The quantitative estimate of drug-likeness (QED) is 0.646. The smallest absolute Gasteiger partial charge is 0.311 e. The van der Waals surface area contributed by atoms with Crippen molar-refractivity contribution in [3.63, 3.8) is 0 Å². The van der Waals surface area contributed by atoms with Crippen LogP contribution in [0.25, 0.3) is 10.9 Å². The number of nitrogens with one attached hydrogen (secondary N) is 1. The van der Waals surface area contributed by atoms with Crippen molar-refractivity contribution in [2.24, 2.45) is 11.1 Å². The lowest BCUT2D eigenvalue weighted by Gasteiger charge is -2.21. The highest BCUT2D eigenvalue weighted by Gasteiger charge is 2.27. The molecule has 7 nitrogen and oxygen atoms in total. The molecule has 0 radical (unpaired) electrons. The minimum absolute atomic E-state index is 0.131. The van der Waals surface area contributed by atoms with Gasteiger partial charge < -0.3 is 11.1 Å². The molecule has 3 N–H and O–H groups in total. The molecule has 0 atom stereocenters. The van der Waals surface area contributed by atoms with Crippen molar-refractivity contribution in [3.8, 4) is 0 Å². The molecule has 110 valence electrons. The number of para-hydroxylation sites is 1. The van der Waals surface area contributed by atoms with Crippen molar-refractivity contribution in [1.29, 1.82) is 0 Å². The Labute approximate surface area is 121 Å². The number of carbonyl (C=O) groups excluding carboxylic acids is 1. The summed E-state index contributed by atoms with van der Waals surface area (Å²) in [7, 11) is 0. The third-order valence-electron chi connectivity index (χ3n) is 3.33. The fourth-order valence-electron chi connectivity index (χ4n) is 1.85. The number of hydrogen-bond donors (Lipinski definition) is 2. The number of nitrogens with two attached hydrogens (primary N) is 1. The normalized spacial score (nSPS) is 11.3. The number of fused-ring (bicyclic) bond motifs is 1. The number of nitro groups is 1. The van der Waals surface area contributed by atoms with Crippen LogP contribution in [0, 0.1) is 15.5 Å². The maximum absolute atomic E-state index is 11.4. The topological polar surface area (TPSA) is 111 Å². The van der Waals surface area contributed by atoms with E-state index in [-0.39, 0.29) is 12.2 Å². The molecule has 1 aromatic heterocycles. The van der Waals surface area contributed by atoms with Crippen molar-refractivity contribution < 1.29 is 9.72 Å². The largest absolute Gasteiger partial charge is 0.378 e. The van der Waals surface area contributed by atoms with Gasteiger partial charge in [-0.2, -0.15) is 0 Å². The zero-order valence-corrected chi connectivity index (χ0v) is 11.8. The number of rotatable bonds is 5. The van der Waals surface area contributed by atoms with Crippen LogP contribution in [-0.4, -0.2) is 22.4 Å². The lowest BCUT2D eigenvalue weighted by atomic mass is 9.92. The van der Waals surface area contributed by atoms with Crippen LogP contribution in [-0.2, 0) is 4.79 Å². The Balaban J connectivity index is 2.47. The molecule has 21 heavy (non-hydrogen) atoms. The maximum atomic E-state index is 11.4. The highest BCUT2D eigenvalue weighted by Crippen LogP contribution is 2.32. The molecule has 0 spiro atoms. The van der Waals surface area contributed by atoms with Crippen molar-refractivity contribution in [2.75, 3.05) is 11.9 Å². The minimum Gasteiger partial charge on any atom is -0.378 e. The van der Waals surface area contributed by atoms with Crippen LogP contribution < -0.4 is 11.1 Å². The van der Waals surface area contributed by atoms with Gasteiger partial charge in [0, 0.05) is 11.9 Å². The average molecular weight is 288 g/mol. The Morgan fingerprint density at radius 3 is 2.71 bits per heavy atom. The first-order chi connectivity index (χ1) is 9.83. The zero-order chi connectivity index (χ0) is 15.6. The van der Waals surface area contributed by atoms with Crippen LogP contribution in [0.5, 0.6) is 0 Å². The van der Waals surface area contributed by atoms with Gasteiger partial charge in [-0.1, -0.05) is 18.2 Å². The number of primary amides is 1. The molecule has 1 heterocycles. The second-order valence-electron chi connectivity index (χ2n) is 5.39. The molecular weight excluding hydrogens is 272 g/mol. The van der Waals surface area contributed by atoms with E-state index in [1.54, 1.807) is 38.1 Å². The third-order valence-corrected chi connectivity index (χ3v) is 3.33. The molecule has 2 rings (SSSR count). The van der Waals surface area contributed by atoms with Gasteiger partial charge in [-0.25, -0.2) is 4.98 Å². The molecule has 0 aliphatic rings. The van der Waals surface area contributed by atoms with Gasteiger partial charge in [-0.3, -0.25) is 14.9 Å². The molecule has 0 unspecified atom stereocenters. The number of anilines is 1. The van der Waals surface area contributed by atoms with Gasteiger partial charge in [0.25, 0.3) is 0 Å². The van der Waals surface area contributed by atoms with Crippen molar-refractivity contribution in [2.45, 2.75) is 13.8 Å². The van der Waals surface area contributed by atoms with E-state index < -0.39 is 16.2 Å². The number of nitrogens with zero attached hydrogens (tertiary/aromatic N) is 2. The molecular formula is C14H16N4O3. The van der Waals surface area contributed by atoms with Crippen LogP contribution >= 0.6 is 0 Å². The Bertz CT molecular complexity index is 712. The Hall–Kier alpha value is -2.70. The van der Waals surface area contributed by atoms with E-state index in [9.17, 15) is 14.9 Å². The summed E-state index contributed by atoms with van der Waals surface area (Å²) in [6, 6.07) is 7.09. The molecule has 0 saturated carbocycles. The molecule has 0 bridgehead atoms. The first-order valence-corrected chi connectivity index (χ1v) is 6.39. The molecule has 1 amide bonds. The van der Waals surface area contributed by atoms with Gasteiger partial charge in [0.05, 0.1) is 15.9 Å². The second-order valence-corrected chi connectivity index (χ2v) is 5.39. The van der Waals surface area contributed by atoms with Crippen LogP contribution in [0.2, 0.25) is 0 Å². The molecule has 7 heteroatoms. The summed E-state index contributed by atoms with van der Waals surface area (Å²) >= 11 is 0. The van der Waals surface area contributed by atoms with Crippen LogP contribution in [0.15, 0.2) is 30.5 Å². The van der Waals surface area contributed by atoms with Crippen LogP contribution in [0.3, 0.4) is 0 Å². The third kappa shape index (κ3) is 2.91. The Kier molecular flexibility index (Phi) is 3.75. The second kappa shape index (κ2) is 5.35. The number of pyridine rings is 1. The fraction of sp³-hybridized carbons (Fsp3) is 0.286. The van der Waals surface area contributed by atoms with Gasteiger partial charge in [0.1, 0.15) is 11.9 Å². The lowest BCUT2D eigenvalue weighted by Crippen LogP contribution is -2.37. The molecule has 0 aliphatic heterocycles. The predicted octanol–water partition coefficient (Wildman–Crippen LogP) is 2.07. The number of amides is 1. The fourth-order valence-corrected chi connectivity index (χ4v) is 1.85. The first-order valence-electron chi connectivity index (χ1n) is 6.39. The summed E-state index contributed by atoms with van der Waals surface area (Å²) < 4.78 is 0. The van der Waals surface area contributed by atoms with Gasteiger partial charge in [-0.05, 0) is 19.9 Å². The Morgan fingerprint density at radius 1 is 1.43 bits per heavy atom. The first kappa shape index (κ1) is 14.7. The van der Waals surface area contributed by atoms with E-state index in [1.807, 2.05) is 0 Å². The number of aromatic nitrogens is 1. The molecule has 1 aromatic carbocycles. The molecule has 2 aromatic rings. The molecule has 0 aliphatic carbocycles. The molecule has 0 fully saturated rings. The van der Waals surface area contributed by atoms with Crippen LogP contribution in [0.1, 0.15) is 13.8 Å². The van der Waals surface area contributed by atoms with Gasteiger partial charge in [0.15, 0.2) is 0 Å². The summed E-state index contributed by atoms with van der Waals surface area (Å²) in [5.41, 5.74) is 5.36. The summed E-state index contributed by atoms with van der Waals surface area (Å²) in [5.74, 6) is -0.476. The molecule has 0 saturated heterocycles. The van der Waals surface area contributed by atoms with Crippen LogP contribution in [0.4, 0.5) is 11.4 Å². The maximum Gasteiger partial charge on any atom is 0.311 e. The van der Waals surface area contributed by atoms with Gasteiger partial charge in [0.2, 0.25) is 5.91 Å². The predicted molar refractivity (Wildman–Crippen MR) is 79.9 cm³/mol. The van der Waals surface area contributed by atoms with E-state index in [0.29, 0.717) is 16.6 Å². The summed E-state index contributed by atoms with van der Waals surface area (Å²) in [4.78, 5) is 26.1. The highest BCUT2D eigenvalue weighted by atomic mass is 16.6. The lowest BCUT2D eigenvalue weighted by molar-refractivity contribution is -0.384. The highest BCUT2D eigenvalue weighted by molar-refractivity contribution is 5.95. The number of hydrogen-bond acceptors (Lipinski definition) is 5. The van der Waals surface area contributed by atoms with E-state index in [2.05, 4.69) is 10.3 Å². The summed E-state index contributed by atoms with van der Waals surface area (Å²) in [5, 5.41) is 14.8.